The molecule has 3 nitrogen and oxygen atoms in total. The van der Waals surface area contributed by atoms with E-state index in [0.29, 0.717) is 13.0 Å². The number of carbonyl (C=O) groups is 1. The highest BCUT2D eigenvalue weighted by molar-refractivity contribution is 5.76. The number of amides is 1. The van der Waals surface area contributed by atoms with Gasteiger partial charge in [0.2, 0.25) is 5.91 Å². The van der Waals surface area contributed by atoms with Gasteiger partial charge in [-0.3, -0.25) is 4.79 Å². The summed E-state index contributed by atoms with van der Waals surface area (Å²) >= 11 is 0. The number of allylic oxidation sites excluding steroid dienone is 1. The summed E-state index contributed by atoms with van der Waals surface area (Å²) in [6.45, 7) is 5.87. The summed E-state index contributed by atoms with van der Waals surface area (Å²) in [5, 5.41) is 6.08. The predicted molar refractivity (Wildman–Crippen MR) is 71.9 cm³/mol. The maximum Gasteiger partial charge on any atom is 0.221 e. The molecule has 0 aliphatic heterocycles. The van der Waals surface area contributed by atoms with Crippen molar-refractivity contribution >= 4 is 5.91 Å². The minimum Gasteiger partial charge on any atom is -0.353 e. The van der Waals surface area contributed by atoms with E-state index in [9.17, 15) is 4.79 Å². The quantitative estimate of drug-likeness (QED) is 0.501. The standard InChI is InChI=1S/C14H24N2O/c1-2-10-16-14(17)9-12-15-11-8-13-6-4-3-5-7-13/h2,6,15H,1,3-5,7-12H2,(H,16,17). The first-order chi connectivity index (χ1) is 8.33. The van der Waals surface area contributed by atoms with E-state index in [0.717, 1.165) is 19.5 Å². The highest BCUT2D eigenvalue weighted by atomic mass is 16.1. The third-order valence-corrected chi connectivity index (χ3v) is 2.98. The normalized spacial score (nSPS) is 15.2. The molecule has 1 aliphatic carbocycles. The van der Waals surface area contributed by atoms with Crippen LogP contribution in [-0.2, 0) is 4.79 Å². The number of carbonyl (C=O) groups excluding carboxylic acids is 1. The zero-order valence-electron chi connectivity index (χ0n) is 10.6. The van der Waals surface area contributed by atoms with Crippen LogP contribution in [0.25, 0.3) is 0 Å². The van der Waals surface area contributed by atoms with E-state index in [2.05, 4.69) is 23.3 Å². The highest BCUT2D eigenvalue weighted by Crippen LogP contribution is 2.19. The second-order valence-electron chi connectivity index (χ2n) is 4.45. The first-order valence-electron chi connectivity index (χ1n) is 6.59. The molecule has 96 valence electrons. The summed E-state index contributed by atoms with van der Waals surface area (Å²) in [4.78, 5) is 11.3. The van der Waals surface area contributed by atoms with Crippen molar-refractivity contribution < 1.29 is 4.79 Å². The summed E-state index contributed by atoms with van der Waals surface area (Å²) in [5.41, 5.74) is 1.58. The van der Waals surface area contributed by atoms with E-state index < -0.39 is 0 Å². The molecule has 0 aromatic heterocycles. The zero-order chi connectivity index (χ0) is 12.3. The molecule has 0 unspecified atom stereocenters. The van der Waals surface area contributed by atoms with Crippen molar-refractivity contribution in [1.29, 1.82) is 0 Å². The SMILES string of the molecule is C=CCNC(=O)CCNCCC1=CCCCC1. The minimum absolute atomic E-state index is 0.0919. The molecule has 0 fully saturated rings. The molecule has 0 aromatic carbocycles. The van der Waals surface area contributed by atoms with Gasteiger partial charge < -0.3 is 10.6 Å². The third kappa shape index (κ3) is 6.95. The van der Waals surface area contributed by atoms with Gasteiger partial charge in [0.05, 0.1) is 0 Å². The van der Waals surface area contributed by atoms with Gasteiger partial charge in [-0.1, -0.05) is 17.7 Å². The molecular weight excluding hydrogens is 212 g/mol. The Morgan fingerprint density at radius 3 is 3.00 bits per heavy atom. The van der Waals surface area contributed by atoms with Crippen LogP contribution < -0.4 is 10.6 Å². The largest absolute Gasteiger partial charge is 0.353 e. The van der Waals surface area contributed by atoms with E-state index in [1.807, 2.05) is 0 Å². The molecule has 1 rings (SSSR count). The molecule has 3 heteroatoms. The molecule has 0 aromatic rings. The van der Waals surface area contributed by atoms with E-state index in [4.69, 9.17) is 0 Å². The van der Waals surface area contributed by atoms with Crippen molar-refractivity contribution in [3.8, 4) is 0 Å². The number of nitrogens with one attached hydrogen (secondary N) is 2. The van der Waals surface area contributed by atoms with Gasteiger partial charge in [0, 0.05) is 19.5 Å². The third-order valence-electron chi connectivity index (χ3n) is 2.98. The zero-order valence-corrected chi connectivity index (χ0v) is 10.6. The van der Waals surface area contributed by atoms with Crippen molar-refractivity contribution in [2.75, 3.05) is 19.6 Å². The van der Waals surface area contributed by atoms with Crippen LogP contribution in [-0.4, -0.2) is 25.5 Å². The smallest absolute Gasteiger partial charge is 0.221 e. The van der Waals surface area contributed by atoms with Crippen molar-refractivity contribution in [1.82, 2.24) is 10.6 Å². The molecule has 0 atom stereocenters. The van der Waals surface area contributed by atoms with Crippen molar-refractivity contribution in [2.45, 2.75) is 38.5 Å². The van der Waals surface area contributed by atoms with Crippen molar-refractivity contribution in [3.63, 3.8) is 0 Å². The lowest BCUT2D eigenvalue weighted by molar-refractivity contribution is -0.120. The van der Waals surface area contributed by atoms with E-state index in [1.54, 1.807) is 11.6 Å². The summed E-state index contributed by atoms with van der Waals surface area (Å²) < 4.78 is 0. The molecule has 0 saturated heterocycles. The van der Waals surface area contributed by atoms with Gasteiger partial charge in [0.1, 0.15) is 0 Å². The Balaban J connectivity index is 1.95. The number of hydrogen-bond acceptors (Lipinski definition) is 2. The molecule has 1 amide bonds. The Kier molecular flexibility index (Phi) is 7.39. The number of hydrogen-bond donors (Lipinski definition) is 2. The van der Waals surface area contributed by atoms with Crippen LogP contribution in [0.5, 0.6) is 0 Å². The van der Waals surface area contributed by atoms with E-state index in [-0.39, 0.29) is 5.91 Å². The van der Waals surface area contributed by atoms with Gasteiger partial charge in [-0.2, -0.15) is 0 Å². The molecule has 2 N–H and O–H groups in total. The fraction of sp³-hybridized carbons (Fsp3) is 0.643. The Bertz CT molecular complexity index is 271. The Labute approximate surface area is 104 Å². The molecule has 17 heavy (non-hydrogen) atoms. The maximum absolute atomic E-state index is 11.3. The van der Waals surface area contributed by atoms with Gasteiger partial charge in [-0.25, -0.2) is 0 Å². The summed E-state index contributed by atoms with van der Waals surface area (Å²) in [6, 6.07) is 0. The summed E-state index contributed by atoms with van der Waals surface area (Å²) in [6.07, 6.45) is 11.0. The summed E-state index contributed by atoms with van der Waals surface area (Å²) in [5.74, 6) is 0.0919. The fourth-order valence-electron chi connectivity index (χ4n) is 1.98. The van der Waals surface area contributed by atoms with Crippen molar-refractivity contribution in [2.24, 2.45) is 0 Å². The van der Waals surface area contributed by atoms with Gasteiger partial charge >= 0.3 is 0 Å². The lowest BCUT2D eigenvalue weighted by Gasteiger charge is -2.12. The average molecular weight is 236 g/mol. The fourth-order valence-corrected chi connectivity index (χ4v) is 1.98. The Morgan fingerprint density at radius 1 is 1.41 bits per heavy atom. The topological polar surface area (TPSA) is 41.1 Å². The average Bonchev–Trinajstić information content (AvgIpc) is 2.37. The minimum atomic E-state index is 0.0919. The first-order valence-corrected chi connectivity index (χ1v) is 6.59. The first kappa shape index (κ1) is 14.0. The molecule has 0 spiro atoms. The second kappa shape index (κ2) is 8.99. The summed E-state index contributed by atoms with van der Waals surface area (Å²) in [7, 11) is 0. The number of rotatable bonds is 8. The van der Waals surface area contributed by atoms with Crippen LogP contribution in [0.1, 0.15) is 38.5 Å². The second-order valence-corrected chi connectivity index (χ2v) is 4.45. The van der Waals surface area contributed by atoms with Gasteiger partial charge in [0.15, 0.2) is 0 Å². The van der Waals surface area contributed by atoms with Gasteiger partial charge in [-0.05, 0) is 38.6 Å². The molecular formula is C14H24N2O. The van der Waals surface area contributed by atoms with Crippen LogP contribution in [0, 0.1) is 0 Å². The van der Waals surface area contributed by atoms with E-state index in [1.165, 1.54) is 25.7 Å². The monoisotopic (exact) mass is 236 g/mol. The van der Waals surface area contributed by atoms with Crippen LogP contribution in [0.3, 0.4) is 0 Å². The highest BCUT2D eigenvalue weighted by Gasteiger charge is 2.03. The molecule has 0 bridgehead atoms. The predicted octanol–water partition coefficient (Wildman–Crippen LogP) is 2.16. The van der Waals surface area contributed by atoms with Crippen molar-refractivity contribution in [3.05, 3.63) is 24.3 Å². The lowest BCUT2D eigenvalue weighted by atomic mass is 9.97. The van der Waals surface area contributed by atoms with Gasteiger partial charge in [-0.15, -0.1) is 6.58 Å². The van der Waals surface area contributed by atoms with Gasteiger partial charge in [0.25, 0.3) is 0 Å². The molecule has 1 aliphatic rings. The Morgan fingerprint density at radius 2 is 2.29 bits per heavy atom. The lowest BCUT2D eigenvalue weighted by Crippen LogP contribution is -2.28. The van der Waals surface area contributed by atoms with Crippen LogP contribution in [0.15, 0.2) is 24.3 Å². The van der Waals surface area contributed by atoms with Crippen LogP contribution in [0.4, 0.5) is 0 Å². The maximum atomic E-state index is 11.3. The molecule has 0 saturated carbocycles. The van der Waals surface area contributed by atoms with Crippen LogP contribution >= 0.6 is 0 Å². The van der Waals surface area contributed by atoms with E-state index >= 15 is 0 Å². The molecule has 0 radical (unpaired) electrons. The van der Waals surface area contributed by atoms with Crippen LogP contribution in [0.2, 0.25) is 0 Å². The Hall–Kier alpha value is -1.09. The molecule has 0 heterocycles.